The zero-order valence-corrected chi connectivity index (χ0v) is 10.3. The first-order valence-electron chi connectivity index (χ1n) is 5.71. The van der Waals surface area contributed by atoms with Gasteiger partial charge in [0.2, 0.25) is 0 Å². The van der Waals surface area contributed by atoms with Crippen molar-refractivity contribution in [1.82, 2.24) is 0 Å². The van der Waals surface area contributed by atoms with Gasteiger partial charge in [0.1, 0.15) is 11.6 Å². The molecule has 0 bridgehead atoms. The van der Waals surface area contributed by atoms with Crippen LogP contribution in [0.5, 0.6) is 0 Å². The first-order chi connectivity index (χ1) is 9.77. The summed E-state index contributed by atoms with van der Waals surface area (Å²) in [6.07, 6.45) is -4.66. The number of nitrogens with one attached hydrogen (secondary N) is 1. The quantitative estimate of drug-likeness (QED) is 0.826. The van der Waals surface area contributed by atoms with Gasteiger partial charge in [-0.15, -0.1) is 0 Å². The van der Waals surface area contributed by atoms with E-state index in [2.05, 4.69) is 0 Å². The van der Waals surface area contributed by atoms with Gasteiger partial charge in [-0.2, -0.15) is 13.2 Å². The Hall–Kier alpha value is -2.44. The number of carbonyl (C=O) groups excluding carboxylic acids is 1. The summed E-state index contributed by atoms with van der Waals surface area (Å²) < 4.78 is 64.3. The number of benzene rings is 2. The van der Waals surface area contributed by atoms with Gasteiger partial charge in [0.15, 0.2) is 0 Å². The Morgan fingerprint density at radius 2 is 1.52 bits per heavy atom. The molecule has 0 saturated heterocycles. The molecule has 110 valence electrons. The number of halogens is 5. The van der Waals surface area contributed by atoms with Crippen LogP contribution < -0.4 is 5.32 Å². The van der Waals surface area contributed by atoms with E-state index in [0.29, 0.717) is 6.07 Å². The molecule has 0 aromatic heterocycles. The lowest BCUT2D eigenvalue weighted by molar-refractivity contribution is -0.136. The molecule has 0 spiro atoms. The Kier molecular flexibility index (Phi) is 3.93. The Bertz CT molecular complexity index is 661. The molecular formula is C14H8F5NO. The number of hydrogen-bond donors (Lipinski definition) is 1. The van der Waals surface area contributed by atoms with Gasteiger partial charge in [0, 0.05) is 11.6 Å². The fraction of sp³-hybridized carbons (Fsp3) is 0.0714. The van der Waals surface area contributed by atoms with Crippen LogP contribution in [0, 0.1) is 11.6 Å². The van der Waals surface area contributed by atoms with Crippen LogP contribution in [-0.4, -0.2) is 5.91 Å². The van der Waals surface area contributed by atoms with Crippen LogP contribution in [0.15, 0.2) is 42.5 Å². The van der Waals surface area contributed by atoms with E-state index in [0.717, 1.165) is 24.3 Å². The normalized spacial score (nSPS) is 11.3. The highest BCUT2D eigenvalue weighted by Crippen LogP contribution is 2.34. The van der Waals surface area contributed by atoms with E-state index in [1.165, 1.54) is 12.1 Å². The maximum Gasteiger partial charge on any atom is 0.418 e. The van der Waals surface area contributed by atoms with E-state index in [-0.39, 0.29) is 0 Å². The average Bonchev–Trinajstić information content (AvgIpc) is 2.37. The second-order valence-electron chi connectivity index (χ2n) is 4.16. The molecule has 0 radical (unpaired) electrons. The molecule has 2 aromatic rings. The van der Waals surface area contributed by atoms with Gasteiger partial charge in [0.05, 0.1) is 11.3 Å². The molecule has 21 heavy (non-hydrogen) atoms. The van der Waals surface area contributed by atoms with Crippen molar-refractivity contribution in [2.24, 2.45) is 0 Å². The van der Waals surface area contributed by atoms with Crippen molar-refractivity contribution in [3.05, 3.63) is 65.2 Å². The number of anilines is 1. The fourth-order valence-corrected chi connectivity index (χ4v) is 1.72. The highest BCUT2D eigenvalue weighted by molar-refractivity contribution is 6.04. The molecule has 2 nitrogen and oxygen atoms in total. The zero-order chi connectivity index (χ0) is 15.6. The van der Waals surface area contributed by atoms with Crippen LogP contribution in [-0.2, 0) is 6.18 Å². The molecule has 0 heterocycles. The van der Waals surface area contributed by atoms with Crippen LogP contribution in [0.2, 0.25) is 0 Å². The highest BCUT2D eigenvalue weighted by atomic mass is 19.4. The Morgan fingerprint density at radius 1 is 0.952 bits per heavy atom. The number of carbonyl (C=O) groups is 1. The van der Waals surface area contributed by atoms with Crippen molar-refractivity contribution in [1.29, 1.82) is 0 Å². The third kappa shape index (κ3) is 3.56. The summed E-state index contributed by atoms with van der Waals surface area (Å²) in [4.78, 5) is 11.8. The van der Waals surface area contributed by atoms with Crippen LogP contribution in [0.25, 0.3) is 0 Å². The van der Waals surface area contributed by atoms with E-state index < -0.39 is 40.5 Å². The van der Waals surface area contributed by atoms with Crippen molar-refractivity contribution in [3.63, 3.8) is 0 Å². The Morgan fingerprint density at radius 3 is 2.10 bits per heavy atom. The van der Waals surface area contributed by atoms with Crippen molar-refractivity contribution in [2.75, 3.05) is 5.32 Å². The molecule has 0 aliphatic heterocycles. The third-order valence-electron chi connectivity index (χ3n) is 2.61. The SMILES string of the molecule is O=C(Nc1ccccc1C(F)(F)F)c1cc(F)cc(F)c1. The van der Waals surface area contributed by atoms with E-state index in [4.69, 9.17) is 0 Å². The first-order valence-corrected chi connectivity index (χ1v) is 5.71. The van der Waals surface area contributed by atoms with Crippen LogP contribution in [0.4, 0.5) is 27.6 Å². The van der Waals surface area contributed by atoms with Crippen molar-refractivity contribution >= 4 is 11.6 Å². The van der Waals surface area contributed by atoms with Gasteiger partial charge in [-0.3, -0.25) is 4.79 Å². The second-order valence-corrected chi connectivity index (χ2v) is 4.16. The van der Waals surface area contributed by atoms with Gasteiger partial charge in [-0.25, -0.2) is 8.78 Å². The van der Waals surface area contributed by atoms with Crippen LogP contribution in [0.3, 0.4) is 0 Å². The summed E-state index contributed by atoms with van der Waals surface area (Å²) in [6.45, 7) is 0. The molecule has 0 aliphatic carbocycles. The summed E-state index contributed by atoms with van der Waals surface area (Å²) in [5.41, 5.74) is -1.95. The lowest BCUT2D eigenvalue weighted by Gasteiger charge is -2.13. The summed E-state index contributed by atoms with van der Waals surface area (Å²) in [5, 5.41) is 2.00. The summed E-state index contributed by atoms with van der Waals surface area (Å²) in [7, 11) is 0. The predicted molar refractivity (Wildman–Crippen MR) is 65.8 cm³/mol. The largest absolute Gasteiger partial charge is 0.418 e. The monoisotopic (exact) mass is 301 g/mol. The summed E-state index contributed by atoms with van der Waals surface area (Å²) in [5.74, 6) is -3.03. The van der Waals surface area contributed by atoms with Crippen LogP contribution in [0.1, 0.15) is 15.9 Å². The van der Waals surface area contributed by atoms with Crippen molar-refractivity contribution in [2.45, 2.75) is 6.18 Å². The summed E-state index contributed by atoms with van der Waals surface area (Å²) in [6, 6.07) is 6.33. The number of hydrogen-bond acceptors (Lipinski definition) is 1. The molecule has 0 saturated carbocycles. The van der Waals surface area contributed by atoms with E-state index in [1.54, 1.807) is 0 Å². The van der Waals surface area contributed by atoms with Gasteiger partial charge < -0.3 is 5.32 Å². The predicted octanol–water partition coefficient (Wildman–Crippen LogP) is 4.24. The maximum absolute atomic E-state index is 13.0. The molecule has 1 N–H and O–H groups in total. The topological polar surface area (TPSA) is 29.1 Å². The average molecular weight is 301 g/mol. The molecule has 0 unspecified atom stereocenters. The minimum absolute atomic E-state index is 0.413. The number of rotatable bonds is 2. The first kappa shape index (κ1) is 15.0. The number of alkyl halides is 3. The number of amides is 1. The van der Waals surface area contributed by atoms with Crippen molar-refractivity contribution < 1.29 is 26.7 Å². The minimum atomic E-state index is -4.66. The van der Waals surface area contributed by atoms with Gasteiger partial charge in [-0.1, -0.05) is 12.1 Å². The van der Waals surface area contributed by atoms with Gasteiger partial charge in [-0.05, 0) is 24.3 Å². The smallest absolute Gasteiger partial charge is 0.321 e. The molecular weight excluding hydrogens is 293 g/mol. The lowest BCUT2D eigenvalue weighted by atomic mass is 10.1. The van der Waals surface area contributed by atoms with Crippen LogP contribution >= 0.6 is 0 Å². The molecule has 2 aromatic carbocycles. The molecule has 2 rings (SSSR count). The second kappa shape index (κ2) is 5.51. The van der Waals surface area contributed by atoms with E-state index in [1.807, 2.05) is 5.32 Å². The minimum Gasteiger partial charge on any atom is -0.321 e. The van der Waals surface area contributed by atoms with E-state index >= 15 is 0 Å². The molecule has 7 heteroatoms. The standard InChI is InChI=1S/C14H8F5NO/c15-9-5-8(6-10(16)7-9)13(21)20-12-4-2-1-3-11(12)14(17,18)19/h1-7H,(H,20,21). The summed E-state index contributed by atoms with van der Waals surface area (Å²) >= 11 is 0. The Labute approximate surface area is 116 Å². The van der Waals surface area contributed by atoms with Gasteiger partial charge >= 0.3 is 6.18 Å². The van der Waals surface area contributed by atoms with Gasteiger partial charge in [0.25, 0.3) is 5.91 Å². The molecule has 0 atom stereocenters. The Balaban J connectivity index is 2.32. The molecule has 1 amide bonds. The van der Waals surface area contributed by atoms with Crippen molar-refractivity contribution in [3.8, 4) is 0 Å². The fourth-order valence-electron chi connectivity index (χ4n) is 1.72. The lowest BCUT2D eigenvalue weighted by Crippen LogP contribution is -2.17. The highest BCUT2D eigenvalue weighted by Gasteiger charge is 2.33. The molecule has 0 fully saturated rings. The maximum atomic E-state index is 13.0. The number of para-hydroxylation sites is 1. The molecule has 0 aliphatic rings. The third-order valence-corrected chi connectivity index (χ3v) is 2.61. The zero-order valence-electron chi connectivity index (χ0n) is 10.3. The van der Waals surface area contributed by atoms with E-state index in [9.17, 15) is 26.7 Å².